The lowest BCUT2D eigenvalue weighted by atomic mass is 9.62. The van der Waals surface area contributed by atoms with E-state index >= 15 is 0 Å². The number of piperidine rings is 1. The minimum absolute atomic E-state index is 0.119. The van der Waals surface area contributed by atoms with Gasteiger partial charge in [-0.1, -0.05) is 0 Å². The van der Waals surface area contributed by atoms with E-state index < -0.39 is 23.8 Å². The van der Waals surface area contributed by atoms with Crippen molar-refractivity contribution in [3.05, 3.63) is 29.3 Å². The molecular formula is C20H22N4O4. The van der Waals surface area contributed by atoms with E-state index in [1.54, 1.807) is 12.1 Å². The Morgan fingerprint density at radius 1 is 1.11 bits per heavy atom. The molecule has 0 spiro atoms. The zero-order valence-corrected chi connectivity index (χ0v) is 15.4. The van der Waals surface area contributed by atoms with Crippen LogP contribution in [0.2, 0.25) is 0 Å². The molecule has 1 aromatic rings. The van der Waals surface area contributed by atoms with Gasteiger partial charge >= 0.3 is 0 Å². The molecule has 4 amide bonds. The summed E-state index contributed by atoms with van der Waals surface area (Å²) in [4.78, 5) is 50.1. The van der Waals surface area contributed by atoms with Gasteiger partial charge in [-0.25, -0.2) is 0 Å². The van der Waals surface area contributed by atoms with Gasteiger partial charge in [0.15, 0.2) is 0 Å². The highest BCUT2D eigenvalue weighted by Crippen LogP contribution is 2.49. The van der Waals surface area contributed by atoms with Crippen molar-refractivity contribution in [3.63, 3.8) is 0 Å². The molecule has 0 bridgehead atoms. The lowest BCUT2D eigenvalue weighted by Crippen LogP contribution is -2.54. The Morgan fingerprint density at radius 2 is 1.93 bits per heavy atom. The number of amides is 4. The molecule has 2 saturated heterocycles. The zero-order valence-electron chi connectivity index (χ0n) is 15.4. The van der Waals surface area contributed by atoms with Crippen LogP contribution in [0.3, 0.4) is 0 Å². The van der Waals surface area contributed by atoms with E-state index in [2.05, 4.69) is 16.0 Å². The second kappa shape index (κ2) is 6.13. The number of nitrogens with zero attached hydrogens (tertiary/aromatic N) is 1. The molecular weight excluding hydrogens is 360 g/mol. The lowest BCUT2D eigenvalue weighted by molar-refractivity contribution is -0.136. The van der Waals surface area contributed by atoms with Crippen molar-refractivity contribution in [1.29, 1.82) is 0 Å². The number of imide groups is 2. The molecule has 5 rings (SSSR count). The second-order valence-electron chi connectivity index (χ2n) is 8.29. The molecule has 3 atom stereocenters. The van der Waals surface area contributed by atoms with Gasteiger partial charge in [0.1, 0.15) is 6.04 Å². The maximum absolute atomic E-state index is 12.9. The Labute approximate surface area is 162 Å². The van der Waals surface area contributed by atoms with Gasteiger partial charge in [-0.3, -0.25) is 29.4 Å². The van der Waals surface area contributed by atoms with Gasteiger partial charge < -0.3 is 10.6 Å². The molecule has 3 fully saturated rings. The minimum Gasteiger partial charge on any atom is -0.384 e. The summed E-state index contributed by atoms with van der Waals surface area (Å²) in [5.41, 5.74) is 1.71. The summed E-state index contributed by atoms with van der Waals surface area (Å²) in [7, 11) is 0. The van der Waals surface area contributed by atoms with Gasteiger partial charge in [0.25, 0.3) is 11.8 Å². The Kier molecular flexibility index (Phi) is 3.80. The maximum atomic E-state index is 12.9. The van der Waals surface area contributed by atoms with Crippen LogP contribution in [0.15, 0.2) is 18.2 Å². The maximum Gasteiger partial charge on any atom is 0.262 e. The molecule has 3 N–H and O–H groups in total. The highest BCUT2D eigenvalue weighted by atomic mass is 16.2. The smallest absolute Gasteiger partial charge is 0.262 e. The molecule has 0 aromatic heterocycles. The van der Waals surface area contributed by atoms with Crippen molar-refractivity contribution in [3.8, 4) is 0 Å². The number of anilines is 1. The van der Waals surface area contributed by atoms with Gasteiger partial charge in [-0.15, -0.1) is 0 Å². The van der Waals surface area contributed by atoms with Crippen molar-refractivity contribution in [2.45, 2.75) is 31.7 Å². The predicted molar refractivity (Wildman–Crippen MR) is 99.6 cm³/mol. The molecule has 8 nitrogen and oxygen atoms in total. The highest BCUT2D eigenvalue weighted by Gasteiger charge is 2.49. The van der Waals surface area contributed by atoms with E-state index in [0.717, 1.165) is 30.2 Å². The summed E-state index contributed by atoms with van der Waals surface area (Å²) in [5, 5.41) is 9.10. The Balaban J connectivity index is 1.34. The number of rotatable bonds is 4. The van der Waals surface area contributed by atoms with Gasteiger partial charge in [0, 0.05) is 30.6 Å². The van der Waals surface area contributed by atoms with Gasteiger partial charge in [0.05, 0.1) is 11.1 Å². The first-order valence-electron chi connectivity index (χ1n) is 9.79. The molecule has 1 unspecified atom stereocenters. The SMILES string of the molecule is O=C1CCC(N2C(=O)c3ccc(NC[C@]45CC[C@H]4CNC5)cc3C2=O)C(=O)N1. The molecule has 3 aliphatic heterocycles. The van der Waals surface area contributed by atoms with Crippen LogP contribution in [0.1, 0.15) is 46.4 Å². The van der Waals surface area contributed by atoms with Crippen LogP contribution in [0.5, 0.6) is 0 Å². The fourth-order valence-corrected chi connectivity index (χ4v) is 4.96. The normalized spacial score (nSPS) is 31.4. The molecule has 146 valence electrons. The predicted octanol–water partition coefficient (Wildman–Crippen LogP) is 0.499. The average Bonchev–Trinajstić information content (AvgIpc) is 3.08. The number of carbonyl (C=O) groups is 4. The van der Waals surface area contributed by atoms with Crippen LogP contribution < -0.4 is 16.0 Å². The van der Waals surface area contributed by atoms with E-state index in [9.17, 15) is 19.2 Å². The van der Waals surface area contributed by atoms with Crippen LogP contribution in [0.4, 0.5) is 5.69 Å². The molecule has 28 heavy (non-hydrogen) atoms. The number of carbonyl (C=O) groups excluding carboxylic acids is 4. The van der Waals surface area contributed by atoms with Crippen LogP contribution >= 0.6 is 0 Å². The number of hydrogen-bond donors (Lipinski definition) is 3. The van der Waals surface area contributed by atoms with E-state index in [-0.39, 0.29) is 24.2 Å². The van der Waals surface area contributed by atoms with Crippen LogP contribution in [0.25, 0.3) is 0 Å². The summed E-state index contributed by atoms with van der Waals surface area (Å²) in [6.45, 7) is 2.92. The minimum atomic E-state index is -0.930. The zero-order chi connectivity index (χ0) is 19.5. The largest absolute Gasteiger partial charge is 0.384 e. The number of hydrogen-bond acceptors (Lipinski definition) is 6. The van der Waals surface area contributed by atoms with E-state index in [4.69, 9.17) is 0 Å². The third-order valence-corrected chi connectivity index (χ3v) is 6.81. The Morgan fingerprint density at radius 3 is 2.64 bits per heavy atom. The average molecular weight is 382 g/mol. The van der Waals surface area contributed by atoms with Crippen LogP contribution in [-0.4, -0.2) is 54.2 Å². The number of benzene rings is 1. The van der Waals surface area contributed by atoms with Gasteiger partial charge in [-0.05, 0) is 49.9 Å². The molecule has 3 heterocycles. The lowest BCUT2D eigenvalue weighted by Gasteiger charge is -2.44. The first-order chi connectivity index (χ1) is 13.5. The summed E-state index contributed by atoms with van der Waals surface area (Å²) >= 11 is 0. The third kappa shape index (κ3) is 2.47. The first-order valence-corrected chi connectivity index (χ1v) is 9.79. The molecule has 1 saturated carbocycles. The van der Waals surface area contributed by atoms with Crippen LogP contribution in [0, 0.1) is 11.3 Å². The van der Waals surface area contributed by atoms with Crippen LogP contribution in [-0.2, 0) is 9.59 Å². The fraction of sp³-hybridized carbons (Fsp3) is 0.500. The van der Waals surface area contributed by atoms with Crippen molar-refractivity contribution in [1.82, 2.24) is 15.5 Å². The van der Waals surface area contributed by atoms with Gasteiger partial charge in [-0.2, -0.15) is 0 Å². The molecule has 4 aliphatic rings. The summed E-state index contributed by atoms with van der Waals surface area (Å²) in [5.74, 6) is -1.20. The Bertz CT molecular complexity index is 913. The topological polar surface area (TPSA) is 108 Å². The van der Waals surface area contributed by atoms with E-state index in [1.165, 1.54) is 12.8 Å². The molecule has 8 heteroatoms. The first kappa shape index (κ1) is 17.4. The van der Waals surface area contributed by atoms with Crippen molar-refractivity contribution in [2.24, 2.45) is 11.3 Å². The van der Waals surface area contributed by atoms with E-state index in [1.807, 2.05) is 6.07 Å². The molecule has 1 aliphatic carbocycles. The fourth-order valence-electron chi connectivity index (χ4n) is 4.96. The van der Waals surface area contributed by atoms with E-state index in [0.29, 0.717) is 17.0 Å². The third-order valence-electron chi connectivity index (χ3n) is 6.81. The molecule has 1 aromatic carbocycles. The number of nitrogens with one attached hydrogen (secondary N) is 3. The molecule has 0 radical (unpaired) electrons. The summed E-state index contributed by atoms with van der Waals surface area (Å²) in [6, 6.07) is 4.23. The number of fused-ring (bicyclic) bond motifs is 2. The van der Waals surface area contributed by atoms with Gasteiger partial charge in [0.2, 0.25) is 11.8 Å². The highest BCUT2D eigenvalue weighted by molar-refractivity contribution is 6.23. The summed E-state index contributed by atoms with van der Waals surface area (Å²) < 4.78 is 0. The van der Waals surface area contributed by atoms with Crippen molar-refractivity contribution < 1.29 is 19.2 Å². The van der Waals surface area contributed by atoms with Crippen molar-refractivity contribution >= 4 is 29.3 Å². The van der Waals surface area contributed by atoms with Crippen molar-refractivity contribution in [2.75, 3.05) is 25.0 Å². The monoisotopic (exact) mass is 382 g/mol. The Hall–Kier alpha value is -2.74. The standard InChI is InChI=1S/C20H22N4O4/c25-16-4-3-15(17(26)23-16)24-18(27)13-2-1-12(7-14(13)19(24)28)22-10-20-6-5-11(20)8-21-9-20/h1-2,7,11,15,21-22H,3-6,8-10H2,(H,23,25,26)/t11-,15?,20+/m0/s1. The second-order valence-corrected chi connectivity index (χ2v) is 8.29. The quantitative estimate of drug-likeness (QED) is 0.655. The summed E-state index contributed by atoms with van der Waals surface area (Å²) in [6.07, 6.45) is 2.74.